The van der Waals surface area contributed by atoms with Gasteiger partial charge in [0.25, 0.3) is 0 Å². The Morgan fingerprint density at radius 2 is 1.50 bits per heavy atom. The number of nitrogens with one attached hydrogen (secondary N) is 1. The average Bonchev–Trinajstić information content (AvgIpc) is 2.81. The molecule has 1 saturated carbocycles. The van der Waals surface area contributed by atoms with E-state index in [0.717, 1.165) is 5.92 Å². The first-order valence-corrected chi connectivity index (χ1v) is 7.77. The second-order valence-electron chi connectivity index (χ2n) is 5.97. The van der Waals surface area contributed by atoms with Gasteiger partial charge in [0.15, 0.2) is 0 Å². The lowest BCUT2D eigenvalue weighted by Crippen LogP contribution is -2.16. The molecule has 1 aromatic rings. The zero-order chi connectivity index (χ0) is 12.2. The molecular weight excluding hydrogens is 218 g/mol. The molecule has 1 aliphatic carbocycles. The van der Waals surface area contributed by atoms with E-state index in [9.17, 15) is 0 Å². The van der Waals surface area contributed by atoms with Crippen molar-refractivity contribution in [1.82, 2.24) is 5.32 Å². The van der Waals surface area contributed by atoms with Crippen LogP contribution in [0.3, 0.4) is 0 Å². The summed E-state index contributed by atoms with van der Waals surface area (Å²) in [7, 11) is 0. The largest absolute Gasteiger partial charge is 0.310 e. The normalized spacial score (nSPS) is 26.1. The zero-order valence-corrected chi connectivity index (χ0v) is 11.3. The van der Waals surface area contributed by atoms with E-state index in [2.05, 4.69) is 29.6 Å². The Bertz CT molecular complexity index is 371. The fourth-order valence-corrected chi connectivity index (χ4v) is 3.74. The van der Waals surface area contributed by atoms with Crippen molar-refractivity contribution in [2.24, 2.45) is 0 Å². The first-order chi connectivity index (χ1) is 8.95. The number of hydrogen-bond donors (Lipinski definition) is 1. The predicted octanol–water partition coefficient (Wildman–Crippen LogP) is 4.55. The van der Waals surface area contributed by atoms with Crippen LogP contribution in [0.5, 0.6) is 0 Å². The molecular formula is C17H25N. The van der Waals surface area contributed by atoms with Crippen molar-refractivity contribution in [2.45, 2.75) is 63.3 Å². The van der Waals surface area contributed by atoms with Crippen molar-refractivity contribution >= 4 is 0 Å². The van der Waals surface area contributed by atoms with Gasteiger partial charge in [-0.15, -0.1) is 0 Å². The van der Waals surface area contributed by atoms with E-state index in [-0.39, 0.29) is 0 Å². The van der Waals surface area contributed by atoms with E-state index in [4.69, 9.17) is 0 Å². The van der Waals surface area contributed by atoms with E-state index in [1.54, 1.807) is 11.1 Å². The van der Waals surface area contributed by atoms with Crippen LogP contribution in [0, 0.1) is 0 Å². The molecule has 1 N–H and O–H groups in total. The van der Waals surface area contributed by atoms with Crippen LogP contribution in [-0.4, -0.2) is 6.54 Å². The second kappa shape index (κ2) is 5.88. The minimum Gasteiger partial charge on any atom is -0.310 e. The summed E-state index contributed by atoms with van der Waals surface area (Å²) in [6.45, 7) is 1.20. The first kappa shape index (κ1) is 12.2. The fraction of sp³-hybridized carbons (Fsp3) is 0.647. The minimum absolute atomic E-state index is 0.629. The summed E-state index contributed by atoms with van der Waals surface area (Å²) >= 11 is 0. The third-order valence-corrected chi connectivity index (χ3v) is 4.73. The lowest BCUT2D eigenvalue weighted by molar-refractivity contribution is 0.566. The summed E-state index contributed by atoms with van der Waals surface area (Å²) in [5, 5.41) is 3.67. The van der Waals surface area contributed by atoms with Crippen molar-refractivity contribution in [1.29, 1.82) is 0 Å². The van der Waals surface area contributed by atoms with Crippen molar-refractivity contribution in [3.8, 4) is 0 Å². The van der Waals surface area contributed by atoms with Gasteiger partial charge in [0.05, 0.1) is 0 Å². The third kappa shape index (κ3) is 2.61. The summed E-state index contributed by atoms with van der Waals surface area (Å²) in [5.41, 5.74) is 3.25. The molecule has 1 heterocycles. The summed E-state index contributed by atoms with van der Waals surface area (Å²) in [6, 6.07) is 9.84. The number of rotatable bonds is 2. The molecule has 98 valence electrons. The van der Waals surface area contributed by atoms with Gasteiger partial charge in [-0.3, -0.25) is 0 Å². The molecule has 0 radical (unpaired) electrons. The van der Waals surface area contributed by atoms with E-state index < -0.39 is 0 Å². The van der Waals surface area contributed by atoms with Crippen LogP contribution >= 0.6 is 0 Å². The number of hydrogen-bond acceptors (Lipinski definition) is 1. The lowest BCUT2D eigenvalue weighted by Gasteiger charge is -2.22. The first-order valence-electron chi connectivity index (χ1n) is 7.77. The SMILES string of the molecule is c1ccc(C2CCCN2)c(C2CCCCCC2)c1. The Kier molecular flexibility index (Phi) is 3.99. The van der Waals surface area contributed by atoms with Gasteiger partial charge in [0, 0.05) is 6.04 Å². The zero-order valence-electron chi connectivity index (χ0n) is 11.3. The van der Waals surface area contributed by atoms with Crippen LogP contribution in [0.2, 0.25) is 0 Å². The van der Waals surface area contributed by atoms with E-state index in [1.807, 2.05) is 0 Å². The maximum Gasteiger partial charge on any atom is 0.0323 e. The maximum absolute atomic E-state index is 3.67. The van der Waals surface area contributed by atoms with Gasteiger partial charge < -0.3 is 5.32 Å². The van der Waals surface area contributed by atoms with Crippen LogP contribution in [-0.2, 0) is 0 Å². The molecule has 0 bridgehead atoms. The second-order valence-corrected chi connectivity index (χ2v) is 5.97. The topological polar surface area (TPSA) is 12.0 Å². The van der Waals surface area contributed by atoms with Crippen molar-refractivity contribution in [2.75, 3.05) is 6.54 Å². The van der Waals surface area contributed by atoms with Crippen molar-refractivity contribution < 1.29 is 0 Å². The van der Waals surface area contributed by atoms with Crippen LogP contribution in [0.15, 0.2) is 24.3 Å². The maximum atomic E-state index is 3.67. The molecule has 0 spiro atoms. The lowest BCUT2D eigenvalue weighted by atomic mass is 9.86. The average molecular weight is 243 g/mol. The highest BCUT2D eigenvalue weighted by atomic mass is 14.9. The number of benzene rings is 1. The Labute approximate surface area is 111 Å². The quantitative estimate of drug-likeness (QED) is 0.751. The van der Waals surface area contributed by atoms with Gasteiger partial charge in [-0.1, -0.05) is 49.9 Å². The monoisotopic (exact) mass is 243 g/mol. The van der Waals surface area contributed by atoms with Gasteiger partial charge in [0.2, 0.25) is 0 Å². The molecule has 1 atom stereocenters. The molecule has 1 aromatic carbocycles. The molecule has 18 heavy (non-hydrogen) atoms. The summed E-state index contributed by atoms with van der Waals surface area (Å²) in [4.78, 5) is 0. The molecule has 1 heteroatoms. The molecule has 1 unspecified atom stereocenters. The van der Waals surface area contributed by atoms with Gasteiger partial charge in [0.1, 0.15) is 0 Å². The highest BCUT2D eigenvalue weighted by Crippen LogP contribution is 2.37. The highest BCUT2D eigenvalue weighted by molar-refractivity contribution is 5.33. The van der Waals surface area contributed by atoms with Crippen LogP contribution in [0.25, 0.3) is 0 Å². The van der Waals surface area contributed by atoms with Gasteiger partial charge in [-0.2, -0.15) is 0 Å². The highest BCUT2D eigenvalue weighted by Gasteiger charge is 2.23. The smallest absolute Gasteiger partial charge is 0.0323 e. The predicted molar refractivity (Wildman–Crippen MR) is 76.9 cm³/mol. The van der Waals surface area contributed by atoms with E-state index in [1.165, 1.54) is 57.9 Å². The van der Waals surface area contributed by atoms with Gasteiger partial charge >= 0.3 is 0 Å². The Morgan fingerprint density at radius 1 is 0.778 bits per heavy atom. The fourth-order valence-electron chi connectivity index (χ4n) is 3.74. The molecule has 1 saturated heterocycles. The minimum atomic E-state index is 0.629. The molecule has 0 amide bonds. The van der Waals surface area contributed by atoms with Crippen molar-refractivity contribution in [3.05, 3.63) is 35.4 Å². The molecule has 2 fully saturated rings. The molecule has 1 nitrogen and oxygen atoms in total. The van der Waals surface area contributed by atoms with Crippen LogP contribution in [0.4, 0.5) is 0 Å². The third-order valence-electron chi connectivity index (χ3n) is 4.73. The van der Waals surface area contributed by atoms with E-state index >= 15 is 0 Å². The standard InChI is InChI=1S/C17H25N/c1-2-4-9-14(8-3-1)15-10-5-6-11-16(15)17-12-7-13-18-17/h5-6,10-11,14,17-18H,1-4,7-9,12-13H2. The van der Waals surface area contributed by atoms with Crippen LogP contribution in [0.1, 0.15) is 74.5 Å². The Morgan fingerprint density at radius 3 is 2.17 bits per heavy atom. The Hall–Kier alpha value is -0.820. The van der Waals surface area contributed by atoms with Gasteiger partial charge in [-0.05, 0) is 49.3 Å². The Balaban J connectivity index is 1.85. The molecule has 1 aliphatic heterocycles. The van der Waals surface area contributed by atoms with Gasteiger partial charge in [-0.25, -0.2) is 0 Å². The molecule has 2 aliphatic rings. The van der Waals surface area contributed by atoms with Crippen LogP contribution < -0.4 is 5.32 Å². The molecule has 0 aromatic heterocycles. The van der Waals surface area contributed by atoms with E-state index in [0.29, 0.717) is 6.04 Å². The summed E-state index contributed by atoms with van der Waals surface area (Å²) < 4.78 is 0. The molecule has 3 rings (SSSR count). The summed E-state index contributed by atoms with van der Waals surface area (Å²) in [6.07, 6.45) is 11.2. The summed E-state index contributed by atoms with van der Waals surface area (Å²) in [5.74, 6) is 0.825. The van der Waals surface area contributed by atoms with Crippen molar-refractivity contribution in [3.63, 3.8) is 0 Å².